The number of hydrogen-bond acceptors (Lipinski definition) is 6. The second-order valence-electron chi connectivity index (χ2n) is 8.98. The summed E-state index contributed by atoms with van der Waals surface area (Å²) < 4.78 is 39.5. The average molecular weight is 588 g/mol. The maximum absolute atomic E-state index is 14.0. The standard InChI is InChI=1S/C29H34ClN3O6S/c1-5-17-31-29(35)21(2)32(19-22-9-8-10-23(30)18-22)28(34)20-33(26-11-6-7-12-27(26)39-4)40(36,37)25-15-13-24(38-3)14-16-25/h6-16,18,21H,5,17,19-20H2,1-4H3,(H,31,35). The number of methoxy groups -OCH3 is 2. The summed E-state index contributed by atoms with van der Waals surface area (Å²) in [5, 5.41) is 3.29. The first-order valence-electron chi connectivity index (χ1n) is 12.7. The van der Waals surface area contributed by atoms with Crippen molar-refractivity contribution < 1.29 is 27.5 Å². The minimum atomic E-state index is -4.25. The fourth-order valence-corrected chi connectivity index (χ4v) is 5.67. The molecule has 0 aliphatic carbocycles. The molecule has 0 aliphatic rings. The predicted octanol–water partition coefficient (Wildman–Crippen LogP) is 4.50. The largest absolute Gasteiger partial charge is 0.497 e. The van der Waals surface area contributed by atoms with E-state index in [1.54, 1.807) is 55.5 Å². The van der Waals surface area contributed by atoms with E-state index in [9.17, 15) is 18.0 Å². The molecule has 214 valence electrons. The second kappa shape index (κ2) is 14.0. The van der Waals surface area contributed by atoms with Crippen LogP contribution in [0.1, 0.15) is 25.8 Å². The highest BCUT2D eigenvalue weighted by molar-refractivity contribution is 7.92. The van der Waals surface area contributed by atoms with Crippen molar-refractivity contribution in [2.75, 3.05) is 31.6 Å². The number of halogens is 1. The topological polar surface area (TPSA) is 105 Å². The highest BCUT2D eigenvalue weighted by Gasteiger charge is 2.33. The third kappa shape index (κ3) is 7.45. The van der Waals surface area contributed by atoms with Crippen molar-refractivity contribution in [1.29, 1.82) is 0 Å². The molecule has 3 aromatic rings. The highest BCUT2D eigenvalue weighted by atomic mass is 35.5. The molecular weight excluding hydrogens is 554 g/mol. The molecule has 0 heterocycles. The van der Waals surface area contributed by atoms with E-state index in [2.05, 4.69) is 5.32 Å². The summed E-state index contributed by atoms with van der Waals surface area (Å²) in [6.07, 6.45) is 0.725. The van der Waals surface area contributed by atoms with Crippen molar-refractivity contribution in [2.24, 2.45) is 0 Å². The van der Waals surface area contributed by atoms with E-state index in [4.69, 9.17) is 21.1 Å². The van der Waals surface area contributed by atoms with Crippen LogP contribution < -0.4 is 19.1 Å². The molecule has 0 bridgehead atoms. The number of rotatable bonds is 13. The molecule has 9 nitrogen and oxygen atoms in total. The van der Waals surface area contributed by atoms with E-state index >= 15 is 0 Å². The van der Waals surface area contributed by atoms with E-state index in [0.717, 1.165) is 10.7 Å². The number of carbonyl (C=O) groups is 2. The number of nitrogens with zero attached hydrogens (tertiary/aromatic N) is 2. The average Bonchev–Trinajstić information content (AvgIpc) is 2.96. The Bertz CT molecular complexity index is 1420. The molecule has 0 radical (unpaired) electrons. The second-order valence-corrected chi connectivity index (χ2v) is 11.3. The molecule has 2 amide bonds. The van der Waals surface area contributed by atoms with E-state index < -0.39 is 28.5 Å². The van der Waals surface area contributed by atoms with Crippen molar-refractivity contribution in [1.82, 2.24) is 10.2 Å². The molecule has 11 heteroatoms. The number of para-hydroxylation sites is 2. The van der Waals surface area contributed by atoms with Crippen LogP contribution in [0, 0.1) is 0 Å². The van der Waals surface area contributed by atoms with Crippen molar-refractivity contribution in [2.45, 2.75) is 37.8 Å². The lowest BCUT2D eigenvalue weighted by atomic mass is 10.1. The van der Waals surface area contributed by atoms with Crippen LogP contribution in [0.15, 0.2) is 77.7 Å². The molecule has 40 heavy (non-hydrogen) atoms. The monoisotopic (exact) mass is 587 g/mol. The maximum atomic E-state index is 14.0. The molecule has 3 rings (SSSR count). The number of sulfonamides is 1. The summed E-state index contributed by atoms with van der Waals surface area (Å²) in [5.74, 6) is -0.179. The molecule has 0 saturated heterocycles. The number of benzene rings is 3. The molecule has 0 aliphatic heterocycles. The van der Waals surface area contributed by atoms with Gasteiger partial charge in [0, 0.05) is 18.1 Å². The first-order valence-corrected chi connectivity index (χ1v) is 14.6. The van der Waals surface area contributed by atoms with Crippen LogP contribution in [0.2, 0.25) is 5.02 Å². The van der Waals surface area contributed by atoms with Gasteiger partial charge in [-0.15, -0.1) is 0 Å². The molecule has 0 spiro atoms. The summed E-state index contributed by atoms with van der Waals surface area (Å²) in [5.41, 5.74) is 0.873. The first kappa shape index (κ1) is 30.8. The Labute approximate surface area is 240 Å². The molecule has 0 fully saturated rings. The van der Waals surface area contributed by atoms with Gasteiger partial charge in [0.25, 0.3) is 10.0 Å². The third-order valence-electron chi connectivity index (χ3n) is 6.24. The van der Waals surface area contributed by atoms with Crippen molar-refractivity contribution >= 4 is 39.1 Å². The fraction of sp³-hybridized carbons (Fsp3) is 0.310. The minimum absolute atomic E-state index is 0.0397. The van der Waals surface area contributed by atoms with E-state index in [-0.39, 0.29) is 28.8 Å². The Hall–Kier alpha value is -3.76. The van der Waals surface area contributed by atoms with E-state index in [1.807, 2.05) is 6.92 Å². The SMILES string of the molecule is CCCNC(=O)C(C)N(Cc1cccc(Cl)c1)C(=O)CN(c1ccccc1OC)S(=O)(=O)c1ccc(OC)cc1. The van der Waals surface area contributed by atoms with Crippen LogP contribution in [0.25, 0.3) is 0 Å². The number of amides is 2. The van der Waals surface area contributed by atoms with Crippen molar-refractivity contribution in [3.63, 3.8) is 0 Å². The lowest BCUT2D eigenvalue weighted by Gasteiger charge is -2.32. The molecular formula is C29H34ClN3O6S. The summed E-state index contributed by atoms with van der Waals surface area (Å²) in [4.78, 5) is 28.2. The van der Waals surface area contributed by atoms with Crippen LogP contribution in [0.3, 0.4) is 0 Å². The summed E-state index contributed by atoms with van der Waals surface area (Å²) >= 11 is 6.17. The van der Waals surface area contributed by atoms with Crippen molar-refractivity contribution in [3.8, 4) is 11.5 Å². The van der Waals surface area contributed by atoms with Gasteiger partial charge in [0.15, 0.2) is 0 Å². The fourth-order valence-electron chi connectivity index (χ4n) is 4.03. The van der Waals surface area contributed by atoms with Gasteiger partial charge in [0.2, 0.25) is 11.8 Å². The van der Waals surface area contributed by atoms with Crippen LogP contribution in [0.5, 0.6) is 11.5 Å². The number of anilines is 1. The minimum Gasteiger partial charge on any atom is -0.497 e. The normalized spacial score (nSPS) is 11.8. The summed E-state index contributed by atoms with van der Waals surface area (Å²) in [6.45, 7) is 3.44. The molecule has 3 aromatic carbocycles. The zero-order valence-corrected chi connectivity index (χ0v) is 24.5. The van der Waals surface area contributed by atoms with Gasteiger partial charge in [-0.1, -0.05) is 42.8 Å². The molecule has 1 N–H and O–H groups in total. The Morgan fingerprint density at radius 2 is 1.68 bits per heavy atom. The third-order valence-corrected chi connectivity index (χ3v) is 8.25. The number of carbonyl (C=O) groups excluding carboxylic acids is 2. The van der Waals surface area contributed by atoms with Gasteiger partial charge in [-0.25, -0.2) is 8.42 Å². The van der Waals surface area contributed by atoms with Gasteiger partial charge < -0.3 is 19.7 Å². The van der Waals surface area contributed by atoms with Crippen LogP contribution in [-0.2, 0) is 26.2 Å². The van der Waals surface area contributed by atoms with Gasteiger partial charge in [0.05, 0.1) is 24.8 Å². The molecule has 1 atom stereocenters. The molecule has 1 unspecified atom stereocenters. The number of hydrogen-bond donors (Lipinski definition) is 1. The number of ether oxygens (including phenoxy) is 2. The van der Waals surface area contributed by atoms with Gasteiger partial charge in [-0.05, 0) is 67.4 Å². The quantitative estimate of drug-likeness (QED) is 0.316. The van der Waals surface area contributed by atoms with Gasteiger partial charge in [-0.2, -0.15) is 0 Å². The molecule has 0 aromatic heterocycles. The first-order chi connectivity index (χ1) is 19.1. The van der Waals surface area contributed by atoms with E-state index in [1.165, 1.54) is 43.4 Å². The van der Waals surface area contributed by atoms with E-state index in [0.29, 0.717) is 22.9 Å². The highest BCUT2D eigenvalue weighted by Crippen LogP contribution is 2.33. The van der Waals surface area contributed by atoms with Gasteiger partial charge in [0.1, 0.15) is 24.1 Å². The lowest BCUT2D eigenvalue weighted by Crippen LogP contribution is -2.51. The maximum Gasteiger partial charge on any atom is 0.264 e. The Balaban J connectivity index is 2.06. The van der Waals surface area contributed by atoms with Crippen LogP contribution >= 0.6 is 11.6 Å². The Morgan fingerprint density at radius 3 is 2.30 bits per heavy atom. The summed E-state index contributed by atoms with van der Waals surface area (Å²) in [7, 11) is -1.35. The van der Waals surface area contributed by atoms with Crippen LogP contribution in [-0.4, -0.2) is 58.5 Å². The van der Waals surface area contributed by atoms with Gasteiger partial charge in [-0.3, -0.25) is 13.9 Å². The summed E-state index contributed by atoms with van der Waals surface area (Å²) in [6, 6.07) is 18.5. The smallest absolute Gasteiger partial charge is 0.264 e. The zero-order chi connectivity index (χ0) is 29.3. The van der Waals surface area contributed by atoms with Gasteiger partial charge >= 0.3 is 0 Å². The Morgan fingerprint density at radius 1 is 0.975 bits per heavy atom. The lowest BCUT2D eigenvalue weighted by molar-refractivity contribution is -0.139. The predicted molar refractivity (Wildman–Crippen MR) is 155 cm³/mol. The Kier molecular flexibility index (Phi) is 10.8. The van der Waals surface area contributed by atoms with Crippen molar-refractivity contribution in [3.05, 3.63) is 83.4 Å². The number of nitrogens with one attached hydrogen (secondary N) is 1. The molecule has 0 saturated carbocycles. The van der Waals surface area contributed by atoms with Crippen LogP contribution in [0.4, 0.5) is 5.69 Å². The zero-order valence-electron chi connectivity index (χ0n) is 23.0.